The number of aliphatic hydroxyl groups is 1. The SMILES string of the molecule is COc1ccc(NC(=O)Nc2ccc3c(c2)[C@H]2C[C@@H](CC(=O)O)O[C@@H](CO)[C@H]2O3)cc1. The van der Waals surface area contributed by atoms with Gasteiger partial charge in [-0.25, -0.2) is 4.79 Å². The molecule has 0 saturated carbocycles. The predicted molar refractivity (Wildman–Crippen MR) is 112 cm³/mol. The van der Waals surface area contributed by atoms with E-state index in [0.29, 0.717) is 29.3 Å². The zero-order valence-electron chi connectivity index (χ0n) is 16.9. The number of anilines is 2. The van der Waals surface area contributed by atoms with Crippen molar-refractivity contribution in [1.82, 2.24) is 0 Å². The second kappa shape index (κ2) is 8.83. The summed E-state index contributed by atoms with van der Waals surface area (Å²) in [6.07, 6.45) is -1.20. The topological polar surface area (TPSA) is 126 Å². The number of urea groups is 1. The van der Waals surface area contributed by atoms with Gasteiger partial charge < -0.3 is 35.1 Å². The minimum atomic E-state index is -0.954. The number of amides is 2. The molecular weight excluding hydrogens is 404 g/mol. The van der Waals surface area contributed by atoms with E-state index >= 15 is 0 Å². The maximum Gasteiger partial charge on any atom is 0.323 e. The van der Waals surface area contributed by atoms with E-state index in [4.69, 9.17) is 19.3 Å². The molecule has 0 aromatic heterocycles. The Hall–Kier alpha value is -3.30. The number of carbonyl (C=O) groups is 2. The lowest BCUT2D eigenvalue weighted by molar-refractivity contribution is -0.153. The summed E-state index contributed by atoms with van der Waals surface area (Å²) in [5, 5.41) is 24.4. The zero-order chi connectivity index (χ0) is 22.0. The first-order valence-electron chi connectivity index (χ1n) is 9.97. The van der Waals surface area contributed by atoms with E-state index in [1.807, 2.05) is 6.07 Å². The maximum atomic E-state index is 12.4. The van der Waals surface area contributed by atoms with Crippen LogP contribution in [0.3, 0.4) is 0 Å². The van der Waals surface area contributed by atoms with Gasteiger partial charge in [0.05, 0.1) is 26.2 Å². The third-order valence-corrected chi connectivity index (χ3v) is 5.51. The molecule has 4 N–H and O–H groups in total. The number of aliphatic carboxylic acids is 1. The minimum absolute atomic E-state index is 0.128. The molecule has 4 rings (SSSR count). The van der Waals surface area contributed by atoms with Gasteiger partial charge in [0.2, 0.25) is 0 Å². The first kappa shape index (κ1) is 21.0. The fourth-order valence-electron chi connectivity index (χ4n) is 4.13. The molecule has 2 heterocycles. The van der Waals surface area contributed by atoms with Gasteiger partial charge in [0.1, 0.15) is 23.7 Å². The molecule has 0 radical (unpaired) electrons. The van der Waals surface area contributed by atoms with E-state index in [-0.39, 0.29) is 18.9 Å². The molecule has 1 saturated heterocycles. The van der Waals surface area contributed by atoms with Gasteiger partial charge >= 0.3 is 12.0 Å². The summed E-state index contributed by atoms with van der Waals surface area (Å²) in [6.45, 7) is -0.263. The van der Waals surface area contributed by atoms with E-state index in [9.17, 15) is 14.7 Å². The molecule has 0 bridgehead atoms. The molecule has 9 heteroatoms. The number of aliphatic hydroxyl groups excluding tert-OH is 1. The standard InChI is InChI=1S/C22H24N2O7/c1-29-14-5-2-12(3-6-14)23-22(28)24-13-4-7-18-16(8-13)17-9-15(10-20(26)27)30-19(11-25)21(17)31-18/h2-8,15,17,19,21,25H,9-11H2,1H3,(H,26,27)(H2,23,24,28)/t15-,17+,19-,21-/m0/s1. The largest absolute Gasteiger partial charge is 0.497 e. The fourth-order valence-corrected chi connectivity index (χ4v) is 4.13. The molecule has 164 valence electrons. The van der Waals surface area contributed by atoms with Crippen LogP contribution in [0.15, 0.2) is 42.5 Å². The number of methoxy groups -OCH3 is 1. The highest BCUT2D eigenvalue weighted by Gasteiger charge is 2.46. The van der Waals surface area contributed by atoms with Gasteiger partial charge in [-0.05, 0) is 48.9 Å². The van der Waals surface area contributed by atoms with E-state index < -0.39 is 30.3 Å². The molecule has 2 aliphatic heterocycles. The number of fused-ring (bicyclic) bond motifs is 3. The summed E-state index contributed by atoms with van der Waals surface area (Å²) in [6, 6.07) is 11.9. The van der Waals surface area contributed by atoms with Gasteiger partial charge in [-0.3, -0.25) is 4.79 Å². The van der Waals surface area contributed by atoms with Gasteiger partial charge in [0, 0.05) is 22.9 Å². The number of carboxylic acids is 1. The zero-order valence-corrected chi connectivity index (χ0v) is 16.9. The van der Waals surface area contributed by atoms with Crippen LogP contribution < -0.4 is 20.1 Å². The Morgan fingerprint density at radius 3 is 2.52 bits per heavy atom. The lowest BCUT2D eigenvalue weighted by atomic mass is 9.84. The number of carbonyl (C=O) groups excluding carboxylic acids is 1. The Bertz CT molecular complexity index is 963. The number of carboxylic acid groups (broad SMARTS) is 1. The summed E-state index contributed by atoms with van der Waals surface area (Å²) in [4.78, 5) is 23.5. The third-order valence-electron chi connectivity index (χ3n) is 5.51. The van der Waals surface area contributed by atoms with Crippen molar-refractivity contribution in [3.05, 3.63) is 48.0 Å². The van der Waals surface area contributed by atoms with Crippen molar-refractivity contribution in [2.24, 2.45) is 0 Å². The van der Waals surface area contributed by atoms with E-state index in [1.54, 1.807) is 43.5 Å². The molecule has 0 spiro atoms. The highest BCUT2D eigenvalue weighted by Crippen LogP contribution is 2.47. The molecule has 31 heavy (non-hydrogen) atoms. The molecule has 9 nitrogen and oxygen atoms in total. The number of nitrogens with one attached hydrogen (secondary N) is 2. The van der Waals surface area contributed by atoms with Gasteiger partial charge in [-0.1, -0.05) is 0 Å². The van der Waals surface area contributed by atoms with Crippen LogP contribution in [-0.4, -0.2) is 54.2 Å². The van der Waals surface area contributed by atoms with Crippen LogP contribution in [0.4, 0.5) is 16.2 Å². The fraction of sp³-hybridized carbons (Fsp3) is 0.364. The summed E-state index contributed by atoms with van der Waals surface area (Å²) >= 11 is 0. The highest BCUT2D eigenvalue weighted by atomic mass is 16.6. The summed E-state index contributed by atoms with van der Waals surface area (Å²) in [7, 11) is 1.57. The van der Waals surface area contributed by atoms with Crippen LogP contribution in [0.5, 0.6) is 11.5 Å². The number of hydrogen-bond donors (Lipinski definition) is 4. The number of hydrogen-bond acceptors (Lipinski definition) is 6. The van der Waals surface area contributed by atoms with Crippen molar-refractivity contribution in [1.29, 1.82) is 0 Å². The van der Waals surface area contributed by atoms with Crippen molar-refractivity contribution < 1.29 is 34.0 Å². The smallest absolute Gasteiger partial charge is 0.323 e. The van der Waals surface area contributed by atoms with Crippen LogP contribution in [0, 0.1) is 0 Å². The quantitative estimate of drug-likeness (QED) is 0.557. The highest BCUT2D eigenvalue weighted by molar-refractivity contribution is 5.99. The van der Waals surface area contributed by atoms with Crippen LogP contribution in [-0.2, 0) is 9.53 Å². The first-order chi connectivity index (χ1) is 15.0. The molecule has 2 amide bonds. The van der Waals surface area contributed by atoms with Gasteiger partial charge in [-0.2, -0.15) is 0 Å². The number of benzene rings is 2. The Morgan fingerprint density at radius 2 is 1.84 bits per heavy atom. The van der Waals surface area contributed by atoms with Crippen molar-refractivity contribution in [3.63, 3.8) is 0 Å². The van der Waals surface area contributed by atoms with Gasteiger partial charge in [0.25, 0.3) is 0 Å². The minimum Gasteiger partial charge on any atom is -0.497 e. The second-order valence-electron chi connectivity index (χ2n) is 7.56. The van der Waals surface area contributed by atoms with Gasteiger partial charge in [0.15, 0.2) is 0 Å². The van der Waals surface area contributed by atoms with E-state index in [2.05, 4.69) is 10.6 Å². The molecule has 0 unspecified atom stereocenters. The molecule has 2 aromatic carbocycles. The molecule has 2 aliphatic rings. The number of rotatable bonds is 6. The summed E-state index contributed by atoms with van der Waals surface area (Å²) in [5.74, 6) is 0.258. The van der Waals surface area contributed by atoms with Crippen LogP contribution in [0.2, 0.25) is 0 Å². The molecule has 4 atom stereocenters. The Kier molecular flexibility index (Phi) is 5.97. The summed E-state index contributed by atoms with van der Waals surface area (Å²) in [5.41, 5.74) is 2.06. The van der Waals surface area contributed by atoms with Crippen molar-refractivity contribution >= 4 is 23.4 Å². The Morgan fingerprint density at radius 1 is 1.13 bits per heavy atom. The van der Waals surface area contributed by atoms with Crippen molar-refractivity contribution in [3.8, 4) is 11.5 Å². The second-order valence-corrected chi connectivity index (χ2v) is 7.56. The van der Waals surface area contributed by atoms with E-state index in [0.717, 1.165) is 5.56 Å². The van der Waals surface area contributed by atoms with Crippen LogP contribution in [0.1, 0.15) is 24.3 Å². The Balaban J connectivity index is 1.47. The lowest BCUT2D eigenvalue weighted by Gasteiger charge is -2.36. The predicted octanol–water partition coefficient (Wildman–Crippen LogP) is 2.81. The molecule has 0 aliphatic carbocycles. The van der Waals surface area contributed by atoms with Crippen LogP contribution in [0.25, 0.3) is 0 Å². The molecular formula is C22H24N2O7. The maximum absolute atomic E-state index is 12.4. The molecule has 2 aromatic rings. The summed E-state index contributed by atoms with van der Waals surface area (Å²) < 4.78 is 16.8. The third kappa shape index (κ3) is 4.57. The average molecular weight is 428 g/mol. The molecule has 1 fully saturated rings. The monoisotopic (exact) mass is 428 g/mol. The normalized spacial score (nSPS) is 23.8. The van der Waals surface area contributed by atoms with Crippen LogP contribution >= 0.6 is 0 Å². The Labute approximate surface area is 178 Å². The first-order valence-corrected chi connectivity index (χ1v) is 9.97. The lowest BCUT2D eigenvalue weighted by Crippen LogP contribution is -2.46. The van der Waals surface area contributed by atoms with E-state index in [1.165, 1.54) is 0 Å². The number of ether oxygens (including phenoxy) is 3. The van der Waals surface area contributed by atoms with Gasteiger partial charge in [-0.15, -0.1) is 0 Å². The van der Waals surface area contributed by atoms with Crippen molar-refractivity contribution in [2.45, 2.75) is 37.1 Å². The average Bonchev–Trinajstić information content (AvgIpc) is 3.11. The van der Waals surface area contributed by atoms with Crippen molar-refractivity contribution in [2.75, 3.05) is 24.4 Å².